The molecule has 4 N–H and O–H groups in total. The average molecular weight is 287 g/mol. The highest BCUT2D eigenvalue weighted by Crippen LogP contribution is 2.19. The number of nitrogens with one attached hydrogen (secondary N) is 2. The van der Waals surface area contributed by atoms with Gasteiger partial charge in [0, 0.05) is 12.7 Å². The van der Waals surface area contributed by atoms with Gasteiger partial charge in [0.15, 0.2) is 0 Å². The Morgan fingerprint density at radius 1 is 1.53 bits per heavy atom. The average Bonchev–Trinajstić information content (AvgIpc) is 2.36. The molecule has 104 valence electrons. The highest BCUT2D eigenvalue weighted by Gasteiger charge is 2.09. The maximum Gasteiger partial charge on any atom is 0.404 e. The maximum atomic E-state index is 11.7. The summed E-state index contributed by atoms with van der Waals surface area (Å²) in [5.41, 5.74) is 5.10. The summed E-state index contributed by atoms with van der Waals surface area (Å²) in [4.78, 5) is 26.1. The van der Waals surface area contributed by atoms with Crippen molar-refractivity contribution in [1.82, 2.24) is 10.3 Å². The minimum Gasteiger partial charge on any atom is -0.448 e. The van der Waals surface area contributed by atoms with Crippen LogP contribution in [0.3, 0.4) is 0 Å². The minimum atomic E-state index is -0.881. The Morgan fingerprint density at radius 3 is 2.84 bits per heavy atom. The number of aromatic nitrogens is 1. The van der Waals surface area contributed by atoms with E-state index in [1.807, 2.05) is 6.92 Å². The molecule has 0 radical (unpaired) electrons. The van der Waals surface area contributed by atoms with Gasteiger partial charge in [0.05, 0.1) is 17.1 Å². The number of anilines is 1. The lowest BCUT2D eigenvalue weighted by molar-refractivity contribution is 0.0936. The van der Waals surface area contributed by atoms with Crippen molar-refractivity contribution in [3.05, 3.63) is 22.8 Å². The smallest absolute Gasteiger partial charge is 0.404 e. The quantitative estimate of drug-likeness (QED) is 0.676. The van der Waals surface area contributed by atoms with Crippen molar-refractivity contribution >= 4 is 29.4 Å². The number of rotatable bonds is 6. The van der Waals surface area contributed by atoms with E-state index in [4.69, 9.17) is 17.3 Å². The van der Waals surface area contributed by atoms with Crippen LogP contribution in [0.2, 0.25) is 5.02 Å². The van der Waals surface area contributed by atoms with Gasteiger partial charge in [-0.2, -0.15) is 0 Å². The molecule has 0 aliphatic rings. The predicted octanol–water partition coefficient (Wildman–Crippen LogP) is 0.992. The summed E-state index contributed by atoms with van der Waals surface area (Å²) in [5, 5.41) is 5.87. The molecule has 0 aliphatic carbocycles. The fourth-order valence-electron chi connectivity index (χ4n) is 1.28. The summed E-state index contributed by atoms with van der Waals surface area (Å²) < 4.78 is 4.48. The molecule has 0 saturated heterocycles. The summed E-state index contributed by atoms with van der Waals surface area (Å²) in [7, 11) is 0. The number of pyridine rings is 1. The van der Waals surface area contributed by atoms with E-state index in [9.17, 15) is 9.59 Å². The predicted molar refractivity (Wildman–Crippen MR) is 71.3 cm³/mol. The number of hydrogen-bond donors (Lipinski definition) is 3. The Hall–Kier alpha value is -2.02. The highest BCUT2D eigenvalue weighted by molar-refractivity contribution is 6.33. The molecule has 0 bridgehead atoms. The molecular formula is C11H15ClN4O3. The maximum absolute atomic E-state index is 11.7. The topological polar surface area (TPSA) is 106 Å². The molecular weight excluding hydrogens is 272 g/mol. The normalized spacial score (nSPS) is 9.79. The molecule has 0 spiro atoms. The molecule has 0 saturated carbocycles. The Balaban J connectivity index is 2.53. The molecule has 0 unspecified atom stereocenters. The minimum absolute atomic E-state index is 0.0116. The van der Waals surface area contributed by atoms with Gasteiger partial charge in [0.1, 0.15) is 12.4 Å². The third kappa shape index (κ3) is 5.01. The summed E-state index contributed by atoms with van der Waals surface area (Å²) in [6, 6.07) is 1.51. The number of ether oxygens (including phenoxy) is 1. The molecule has 8 heteroatoms. The lowest BCUT2D eigenvalue weighted by Gasteiger charge is -2.08. The first-order valence-corrected chi connectivity index (χ1v) is 6.02. The number of amides is 2. The van der Waals surface area contributed by atoms with Gasteiger partial charge in [-0.25, -0.2) is 9.78 Å². The SMILES string of the molecule is CCNc1ncc(C(=O)NCCOC(N)=O)cc1Cl. The van der Waals surface area contributed by atoms with E-state index >= 15 is 0 Å². The van der Waals surface area contributed by atoms with Crippen LogP contribution in [0.5, 0.6) is 0 Å². The molecule has 2 amide bonds. The van der Waals surface area contributed by atoms with Crippen LogP contribution in [0.4, 0.5) is 10.6 Å². The van der Waals surface area contributed by atoms with Gasteiger partial charge in [-0.1, -0.05) is 11.6 Å². The number of hydrogen-bond acceptors (Lipinski definition) is 5. The number of carbonyl (C=O) groups is 2. The zero-order valence-corrected chi connectivity index (χ0v) is 11.2. The zero-order valence-electron chi connectivity index (χ0n) is 10.4. The molecule has 1 heterocycles. The highest BCUT2D eigenvalue weighted by atomic mass is 35.5. The Kier molecular flexibility index (Phi) is 5.87. The van der Waals surface area contributed by atoms with Crippen LogP contribution >= 0.6 is 11.6 Å². The van der Waals surface area contributed by atoms with Gasteiger partial charge >= 0.3 is 6.09 Å². The molecule has 0 atom stereocenters. The number of primary amides is 1. The van der Waals surface area contributed by atoms with Gasteiger partial charge in [-0.15, -0.1) is 0 Å². The van der Waals surface area contributed by atoms with E-state index in [0.29, 0.717) is 22.9 Å². The van der Waals surface area contributed by atoms with E-state index in [0.717, 1.165) is 0 Å². The van der Waals surface area contributed by atoms with E-state index in [-0.39, 0.29) is 19.1 Å². The zero-order chi connectivity index (χ0) is 14.3. The molecule has 1 aromatic heterocycles. The largest absolute Gasteiger partial charge is 0.448 e. The number of nitrogens with two attached hydrogens (primary N) is 1. The van der Waals surface area contributed by atoms with Crippen molar-refractivity contribution in [2.24, 2.45) is 5.73 Å². The van der Waals surface area contributed by atoms with E-state index in [1.165, 1.54) is 12.3 Å². The van der Waals surface area contributed by atoms with Gasteiger partial charge in [-0.3, -0.25) is 4.79 Å². The van der Waals surface area contributed by atoms with Crippen LogP contribution in [-0.4, -0.2) is 36.7 Å². The monoisotopic (exact) mass is 286 g/mol. The van der Waals surface area contributed by atoms with Gasteiger partial charge in [0.25, 0.3) is 5.91 Å². The summed E-state index contributed by atoms with van der Waals surface area (Å²) in [5.74, 6) is 0.170. The summed E-state index contributed by atoms with van der Waals surface area (Å²) >= 11 is 5.96. The van der Waals surface area contributed by atoms with Crippen LogP contribution in [0, 0.1) is 0 Å². The first-order valence-electron chi connectivity index (χ1n) is 5.64. The summed E-state index contributed by atoms with van der Waals surface area (Å²) in [6.07, 6.45) is 0.530. The van der Waals surface area contributed by atoms with Crippen molar-refractivity contribution in [1.29, 1.82) is 0 Å². The van der Waals surface area contributed by atoms with E-state index in [2.05, 4.69) is 20.4 Å². The number of carbonyl (C=O) groups excluding carboxylic acids is 2. The first kappa shape index (κ1) is 15.0. The fourth-order valence-corrected chi connectivity index (χ4v) is 1.51. The second-order valence-electron chi connectivity index (χ2n) is 3.51. The van der Waals surface area contributed by atoms with Crippen LogP contribution in [0.1, 0.15) is 17.3 Å². The molecule has 0 aliphatic heterocycles. The number of halogens is 1. The van der Waals surface area contributed by atoms with E-state index < -0.39 is 6.09 Å². The standard InChI is InChI=1S/C11H15ClN4O3/c1-2-14-9-8(12)5-7(6-16-9)10(17)15-3-4-19-11(13)18/h5-6H,2-4H2,1H3,(H2,13,18)(H,14,16)(H,15,17). The Labute approximate surface area is 115 Å². The van der Waals surface area contributed by atoms with Crippen molar-refractivity contribution in [3.63, 3.8) is 0 Å². The van der Waals surface area contributed by atoms with Crippen LogP contribution < -0.4 is 16.4 Å². The van der Waals surface area contributed by atoms with Crippen LogP contribution in [0.25, 0.3) is 0 Å². The molecule has 1 rings (SSSR count). The molecule has 0 fully saturated rings. The Morgan fingerprint density at radius 2 is 2.26 bits per heavy atom. The Bertz CT molecular complexity index is 467. The van der Waals surface area contributed by atoms with Crippen LogP contribution in [-0.2, 0) is 4.74 Å². The third-order valence-corrected chi connectivity index (χ3v) is 2.37. The van der Waals surface area contributed by atoms with Crippen LogP contribution in [0.15, 0.2) is 12.3 Å². The second kappa shape index (κ2) is 7.42. The molecule has 0 aromatic carbocycles. The molecule has 19 heavy (non-hydrogen) atoms. The first-order chi connectivity index (χ1) is 9.04. The lowest BCUT2D eigenvalue weighted by Crippen LogP contribution is -2.29. The number of nitrogens with zero attached hydrogens (tertiary/aromatic N) is 1. The van der Waals surface area contributed by atoms with E-state index in [1.54, 1.807) is 0 Å². The van der Waals surface area contributed by atoms with Gasteiger partial charge in [0.2, 0.25) is 0 Å². The van der Waals surface area contributed by atoms with Gasteiger partial charge < -0.3 is 21.1 Å². The van der Waals surface area contributed by atoms with Crippen molar-refractivity contribution in [2.45, 2.75) is 6.92 Å². The summed E-state index contributed by atoms with van der Waals surface area (Å²) in [6.45, 7) is 2.77. The fraction of sp³-hybridized carbons (Fsp3) is 0.364. The second-order valence-corrected chi connectivity index (χ2v) is 3.92. The van der Waals surface area contributed by atoms with Crippen molar-refractivity contribution < 1.29 is 14.3 Å². The van der Waals surface area contributed by atoms with Crippen molar-refractivity contribution in [3.8, 4) is 0 Å². The molecule has 1 aromatic rings. The van der Waals surface area contributed by atoms with Gasteiger partial charge in [-0.05, 0) is 13.0 Å². The lowest BCUT2D eigenvalue weighted by atomic mass is 10.2. The van der Waals surface area contributed by atoms with Crippen molar-refractivity contribution in [2.75, 3.05) is 25.0 Å². The molecule has 7 nitrogen and oxygen atoms in total. The third-order valence-electron chi connectivity index (χ3n) is 2.08.